The molecule has 43 heavy (non-hydrogen) atoms. The molecule has 0 spiro atoms. The van der Waals surface area contributed by atoms with Crippen LogP contribution < -0.4 is 23.7 Å². The van der Waals surface area contributed by atoms with E-state index in [9.17, 15) is 5.11 Å². The zero-order valence-corrected chi connectivity index (χ0v) is 25.2. The van der Waals surface area contributed by atoms with Crippen LogP contribution in [0.4, 0.5) is 0 Å². The van der Waals surface area contributed by atoms with Gasteiger partial charge >= 0.3 is 0 Å². The number of hydrogen-bond acceptors (Lipinski definition) is 9. The van der Waals surface area contributed by atoms with Crippen molar-refractivity contribution in [2.45, 2.75) is 31.7 Å². The molecule has 9 nitrogen and oxygen atoms in total. The lowest BCUT2D eigenvalue weighted by molar-refractivity contribution is -0.0143. The normalized spacial score (nSPS) is 14.8. The molecule has 1 fully saturated rings. The van der Waals surface area contributed by atoms with Crippen molar-refractivity contribution >= 4 is 10.9 Å². The first-order valence-corrected chi connectivity index (χ1v) is 14.5. The molecule has 4 aromatic rings. The minimum atomic E-state index is -0.600. The smallest absolute Gasteiger partial charge is 0.169 e. The van der Waals surface area contributed by atoms with Crippen molar-refractivity contribution in [2.75, 3.05) is 54.7 Å². The summed E-state index contributed by atoms with van der Waals surface area (Å²) in [7, 11) is 6.50. The van der Waals surface area contributed by atoms with E-state index in [0.717, 1.165) is 59.3 Å². The molecule has 1 atom stereocenters. The number of piperidine rings is 1. The number of benzene rings is 3. The van der Waals surface area contributed by atoms with Gasteiger partial charge in [-0.1, -0.05) is 24.3 Å². The van der Waals surface area contributed by atoms with E-state index in [2.05, 4.69) is 9.88 Å². The van der Waals surface area contributed by atoms with E-state index in [0.29, 0.717) is 36.1 Å². The predicted molar refractivity (Wildman–Crippen MR) is 166 cm³/mol. The molecule has 0 radical (unpaired) electrons. The zero-order chi connectivity index (χ0) is 30.2. The highest BCUT2D eigenvalue weighted by molar-refractivity contribution is 5.85. The van der Waals surface area contributed by atoms with Crippen LogP contribution in [0.1, 0.15) is 18.4 Å². The number of pyridine rings is 1. The first-order chi connectivity index (χ1) is 21.1. The molecule has 1 saturated heterocycles. The van der Waals surface area contributed by atoms with Crippen LogP contribution in [0.5, 0.6) is 28.7 Å². The number of ether oxygens (including phenoxy) is 6. The van der Waals surface area contributed by atoms with E-state index in [1.165, 1.54) is 0 Å². The molecule has 228 valence electrons. The van der Waals surface area contributed by atoms with Crippen molar-refractivity contribution in [3.8, 4) is 39.9 Å². The standard InChI is InChI=1S/C34H40N2O7/c1-38-30-12-5-8-27(33(30)40-3)32-23(13-14-31(39-2)34(32)41-4)21-42-25-15-18-36(19-16-25)20-24(37)22-43-29-11-6-10-28-26(29)9-7-17-35-28/h5-14,17,24-25,37H,15-16,18-22H2,1-4H3. The number of hydrogen-bond donors (Lipinski definition) is 1. The molecule has 2 heterocycles. The fourth-order valence-corrected chi connectivity index (χ4v) is 5.67. The molecule has 1 aliphatic heterocycles. The third-order valence-electron chi connectivity index (χ3n) is 7.82. The van der Waals surface area contributed by atoms with Crippen LogP contribution in [0.25, 0.3) is 22.0 Å². The maximum Gasteiger partial charge on any atom is 0.169 e. The van der Waals surface area contributed by atoms with Crippen LogP contribution in [-0.2, 0) is 11.3 Å². The molecule has 1 aromatic heterocycles. The van der Waals surface area contributed by atoms with Crippen LogP contribution in [0.2, 0.25) is 0 Å². The van der Waals surface area contributed by atoms with Crippen LogP contribution >= 0.6 is 0 Å². The average Bonchev–Trinajstić information content (AvgIpc) is 3.06. The summed E-state index contributed by atoms with van der Waals surface area (Å²) < 4.78 is 35.2. The van der Waals surface area contributed by atoms with Gasteiger partial charge < -0.3 is 38.4 Å². The van der Waals surface area contributed by atoms with Crippen molar-refractivity contribution in [1.82, 2.24) is 9.88 Å². The number of fused-ring (bicyclic) bond motifs is 1. The highest BCUT2D eigenvalue weighted by Crippen LogP contribution is 2.47. The molecule has 9 heteroatoms. The van der Waals surface area contributed by atoms with Crippen LogP contribution in [0.15, 0.2) is 66.9 Å². The van der Waals surface area contributed by atoms with Crippen molar-refractivity contribution in [2.24, 2.45) is 0 Å². The fraction of sp³-hybridized carbons (Fsp3) is 0.382. The largest absolute Gasteiger partial charge is 0.493 e. The first-order valence-electron chi connectivity index (χ1n) is 14.5. The Bertz CT molecular complexity index is 1500. The Morgan fingerprint density at radius 2 is 1.53 bits per heavy atom. The lowest BCUT2D eigenvalue weighted by Crippen LogP contribution is -2.42. The Balaban J connectivity index is 1.19. The highest BCUT2D eigenvalue weighted by Gasteiger charge is 2.25. The molecular formula is C34H40N2O7. The maximum atomic E-state index is 10.7. The number of rotatable bonds is 13. The lowest BCUT2D eigenvalue weighted by atomic mass is 9.96. The number of nitrogens with zero attached hydrogens (tertiary/aromatic N) is 2. The monoisotopic (exact) mass is 588 g/mol. The Kier molecular flexibility index (Phi) is 10.2. The number of aromatic nitrogens is 1. The van der Waals surface area contributed by atoms with Gasteiger partial charge in [0, 0.05) is 42.3 Å². The van der Waals surface area contributed by atoms with Gasteiger partial charge in [0.05, 0.1) is 46.7 Å². The number of β-amino-alcohol motifs (C(OH)–C–C–N with tert-alkyl or cyclic N) is 1. The Morgan fingerprint density at radius 3 is 2.28 bits per heavy atom. The second kappa shape index (κ2) is 14.4. The van der Waals surface area contributed by atoms with Crippen molar-refractivity contribution in [1.29, 1.82) is 0 Å². The molecule has 0 saturated carbocycles. The number of para-hydroxylation sites is 1. The quantitative estimate of drug-likeness (QED) is 0.222. The summed E-state index contributed by atoms with van der Waals surface area (Å²) >= 11 is 0. The van der Waals surface area contributed by atoms with E-state index in [1.807, 2.05) is 60.7 Å². The van der Waals surface area contributed by atoms with Gasteiger partial charge in [-0.15, -0.1) is 0 Å². The Morgan fingerprint density at radius 1 is 0.814 bits per heavy atom. The number of methoxy groups -OCH3 is 4. The molecule has 0 amide bonds. The second-order valence-corrected chi connectivity index (χ2v) is 10.5. The molecule has 1 aliphatic rings. The number of aliphatic hydroxyl groups is 1. The van der Waals surface area contributed by atoms with Crippen LogP contribution in [0, 0.1) is 0 Å². The van der Waals surface area contributed by atoms with Crippen LogP contribution in [-0.4, -0.2) is 81.9 Å². The van der Waals surface area contributed by atoms with Crippen LogP contribution in [0.3, 0.4) is 0 Å². The SMILES string of the molecule is COc1cccc(-c2c(COC3CCN(CC(O)COc4cccc5ncccc45)CC3)ccc(OC)c2OC)c1OC. The highest BCUT2D eigenvalue weighted by atomic mass is 16.5. The molecule has 1 unspecified atom stereocenters. The first kappa shape index (κ1) is 30.4. The second-order valence-electron chi connectivity index (χ2n) is 10.5. The van der Waals surface area contributed by atoms with Gasteiger partial charge in [0.15, 0.2) is 23.0 Å². The van der Waals surface area contributed by atoms with Gasteiger partial charge in [-0.2, -0.15) is 0 Å². The molecule has 0 aliphatic carbocycles. The summed E-state index contributed by atoms with van der Waals surface area (Å²) in [5.41, 5.74) is 3.52. The zero-order valence-electron chi connectivity index (χ0n) is 25.2. The van der Waals surface area contributed by atoms with Crippen molar-refractivity contribution in [3.05, 3.63) is 72.4 Å². The van der Waals surface area contributed by atoms with E-state index in [-0.39, 0.29) is 12.7 Å². The van der Waals surface area contributed by atoms with Gasteiger partial charge in [0.1, 0.15) is 18.5 Å². The van der Waals surface area contributed by atoms with E-state index in [1.54, 1.807) is 34.6 Å². The molecule has 3 aromatic carbocycles. The summed E-state index contributed by atoms with van der Waals surface area (Å²) in [5.74, 6) is 3.22. The van der Waals surface area contributed by atoms with Gasteiger partial charge in [-0.3, -0.25) is 4.98 Å². The van der Waals surface area contributed by atoms with Crippen molar-refractivity contribution in [3.63, 3.8) is 0 Å². The van der Waals surface area contributed by atoms with E-state index in [4.69, 9.17) is 28.4 Å². The molecular weight excluding hydrogens is 548 g/mol. The summed E-state index contributed by atoms with van der Waals surface area (Å²) in [5, 5.41) is 11.7. The van der Waals surface area contributed by atoms with Gasteiger partial charge in [0.25, 0.3) is 0 Å². The maximum absolute atomic E-state index is 10.7. The Hall–Kier alpha value is -4.05. The fourth-order valence-electron chi connectivity index (χ4n) is 5.67. The lowest BCUT2D eigenvalue weighted by Gasteiger charge is -2.33. The third-order valence-corrected chi connectivity index (χ3v) is 7.82. The summed E-state index contributed by atoms with van der Waals surface area (Å²) in [6, 6.07) is 19.3. The van der Waals surface area contributed by atoms with E-state index >= 15 is 0 Å². The molecule has 5 rings (SSSR count). The van der Waals surface area contributed by atoms with Gasteiger partial charge in [-0.25, -0.2) is 0 Å². The minimum absolute atomic E-state index is 0.0981. The number of aliphatic hydroxyl groups excluding tert-OH is 1. The third kappa shape index (κ3) is 6.96. The van der Waals surface area contributed by atoms with Crippen molar-refractivity contribution < 1.29 is 33.5 Å². The Labute approximate surface area is 252 Å². The summed E-state index contributed by atoms with van der Waals surface area (Å²) in [6.07, 6.45) is 3.00. The predicted octanol–water partition coefficient (Wildman–Crippen LogP) is 5.36. The number of likely N-dealkylation sites (tertiary alicyclic amines) is 1. The van der Waals surface area contributed by atoms with E-state index < -0.39 is 6.10 Å². The topological polar surface area (TPSA) is 91.7 Å². The van der Waals surface area contributed by atoms with Gasteiger partial charge in [-0.05, 0) is 54.8 Å². The summed E-state index contributed by atoms with van der Waals surface area (Å²) in [4.78, 5) is 6.64. The minimum Gasteiger partial charge on any atom is -0.493 e. The summed E-state index contributed by atoms with van der Waals surface area (Å²) in [6.45, 7) is 2.84. The molecule has 0 bridgehead atoms. The van der Waals surface area contributed by atoms with Gasteiger partial charge in [0.2, 0.25) is 0 Å². The average molecular weight is 589 g/mol. The molecule has 1 N–H and O–H groups in total.